The molecule has 1 heterocycles. The Morgan fingerprint density at radius 1 is 1.19 bits per heavy atom. The molecule has 3 rings (SSSR count). The molecule has 1 atom stereocenters. The van der Waals surface area contributed by atoms with E-state index in [-0.39, 0.29) is 11.0 Å². The summed E-state index contributed by atoms with van der Waals surface area (Å²) in [5.41, 5.74) is 1.47. The number of ether oxygens (including phenoxy) is 1. The van der Waals surface area contributed by atoms with Crippen molar-refractivity contribution in [1.29, 1.82) is 0 Å². The zero-order valence-corrected chi connectivity index (χ0v) is 16.9. The molecule has 0 bridgehead atoms. The second-order valence-corrected chi connectivity index (χ2v) is 7.53. The first-order valence-corrected chi connectivity index (χ1v) is 9.80. The van der Waals surface area contributed by atoms with Crippen molar-refractivity contribution in [2.24, 2.45) is 7.05 Å². The average Bonchev–Trinajstić information content (AvgIpc) is 3.06. The summed E-state index contributed by atoms with van der Waals surface area (Å²) in [6.07, 6.45) is 0.684. The van der Waals surface area contributed by atoms with E-state index in [4.69, 9.17) is 16.3 Å². The second kappa shape index (κ2) is 8.59. The molecular weight excluding hydrogens is 382 g/mol. The van der Waals surface area contributed by atoms with Crippen molar-refractivity contribution in [1.82, 2.24) is 14.8 Å². The lowest BCUT2D eigenvalue weighted by molar-refractivity contribution is 0.0988. The Morgan fingerprint density at radius 2 is 1.89 bits per heavy atom. The number of halogens is 1. The van der Waals surface area contributed by atoms with Crippen LogP contribution in [0.5, 0.6) is 5.75 Å². The molecule has 1 unspecified atom stereocenters. The number of carbonyl (C=O) groups excluding carboxylic acids is 1. The highest BCUT2D eigenvalue weighted by molar-refractivity contribution is 8.00. The molecule has 0 spiro atoms. The predicted octanol–water partition coefficient (Wildman–Crippen LogP) is 4.90. The van der Waals surface area contributed by atoms with Crippen molar-refractivity contribution in [3.05, 3.63) is 59.1 Å². The number of hydrogen-bond donors (Lipinski definition) is 0. The molecule has 1 aromatic heterocycles. The Kier molecular flexibility index (Phi) is 6.19. The summed E-state index contributed by atoms with van der Waals surface area (Å²) in [6.45, 7) is 1.99. The van der Waals surface area contributed by atoms with Gasteiger partial charge in [0.1, 0.15) is 5.75 Å². The summed E-state index contributed by atoms with van der Waals surface area (Å²) in [6, 6.07) is 14.7. The third-order valence-corrected chi connectivity index (χ3v) is 5.96. The van der Waals surface area contributed by atoms with Crippen molar-refractivity contribution >= 4 is 29.1 Å². The van der Waals surface area contributed by atoms with Crippen LogP contribution in [0.3, 0.4) is 0 Å². The van der Waals surface area contributed by atoms with Crippen molar-refractivity contribution < 1.29 is 9.53 Å². The largest absolute Gasteiger partial charge is 0.497 e. The van der Waals surface area contributed by atoms with Gasteiger partial charge in [-0.15, -0.1) is 10.2 Å². The molecule has 27 heavy (non-hydrogen) atoms. The van der Waals surface area contributed by atoms with Gasteiger partial charge in [-0.1, -0.05) is 42.4 Å². The number of nitrogens with zero attached hydrogens (tertiary/aromatic N) is 3. The SMILES string of the molecule is CCC(Sc1nnc(-c2ccccc2Cl)n1C)C(=O)c1ccc(OC)cc1. The van der Waals surface area contributed by atoms with E-state index in [2.05, 4.69) is 10.2 Å². The molecule has 0 radical (unpaired) electrons. The molecule has 0 aliphatic heterocycles. The van der Waals surface area contributed by atoms with Crippen LogP contribution >= 0.6 is 23.4 Å². The monoisotopic (exact) mass is 401 g/mol. The summed E-state index contributed by atoms with van der Waals surface area (Å²) < 4.78 is 7.02. The molecule has 140 valence electrons. The number of hydrogen-bond acceptors (Lipinski definition) is 5. The van der Waals surface area contributed by atoms with E-state index in [0.717, 1.165) is 11.3 Å². The van der Waals surface area contributed by atoms with Crippen LogP contribution in [0.15, 0.2) is 53.7 Å². The van der Waals surface area contributed by atoms with Gasteiger partial charge in [0, 0.05) is 18.2 Å². The molecule has 0 amide bonds. The minimum atomic E-state index is -0.250. The highest BCUT2D eigenvalue weighted by atomic mass is 35.5. The van der Waals surface area contributed by atoms with Crippen molar-refractivity contribution in [2.45, 2.75) is 23.8 Å². The Bertz CT molecular complexity index is 941. The molecule has 2 aromatic carbocycles. The minimum Gasteiger partial charge on any atom is -0.497 e. The molecule has 5 nitrogen and oxygen atoms in total. The molecular formula is C20H20ClN3O2S. The lowest BCUT2D eigenvalue weighted by Crippen LogP contribution is -2.17. The topological polar surface area (TPSA) is 57.0 Å². The first kappa shape index (κ1) is 19.5. The van der Waals surface area contributed by atoms with Gasteiger partial charge in [-0.25, -0.2) is 0 Å². The summed E-state index contributed by atoms with van der Waals surface area (Å²) in [7, 11) is 3.48. The zero-order valence-electron chi connectivity index (χ0n) is 15.3. The highest BCUT2D eigenvalue weighted by Crippen LogP contribution is 2.31. The van der Waals surface area contributed by atoms with Gasteiger partial charge < -0.3 is 9.30 Å². The number of carbonyl (C=O) groups is 1. The number of rotatable bonds is 7. The number of Topliss-reactive ketones (excluding diaryl/α,β-unsaturated/α-hetero) is 1. The Hall–Kier alpha value is -2.31. The van der Waals surface area contributed by atoms with E-state index in [1.165, 1.54) is 11.8 Å². The fourth-order valence-corrected chi connectivity index (χ4v) is 3.90. The molecule has 0 aliphatic carbocycles. The number of aromatic nitrogens is 3. The van der Waals surface area contributed by atoms with Crippen molar-refractivity contribution in [2.75, 3.05) is 7.11 Å². The normalized spacial score (nSPS) is 12.0. The van der Waals surface area contributed by atoms with E-state index < -0.39 is 0 Å². The van der Waals surface area contributed by atoms with Gasteiger partial charge >= 0.3 is 0 Å². The predicted molar refractivity (Wildman–Crippen MR) is 109 cm³/mol. The number of ketones is 1. The van der Waals surface area contributed by atoms with E-state index >= 15 is 0 Å². The van der Waals surface area contributed by atoms with Gasteiger partial charge in [0.2, 0.25) is 0 Å². The fraction of sp³-hybridized carbons (Fsp3) is 0.250. The van der Waals surface area contributed by atoms with Crippen molar-refractivity contribution in [3.63, 3.8) is 0 Å². The Balaban J connectivity index is 1.82. The molecule has 0 fully saturated rings. The van der Waals surface area contributed by atoms with Crippen molar-refractivity contribution in [3.8, 4) is 17.1 Å². The van der Waals surface area contributed by atoms with Gasteiger partial charge in [0.05, 0.1) is 17.4 Å². The molecule has 0 N–H and O–H groups in total. The van der Waals surface area contributed by atoms with Crippen LogP contribution in [0.4, 0.5) is 0 Å². The summed E-state index contributed by atoms with van der Waals surface area (Å²) in [4.78, 5) is 12.9. The van der Waals surface area contributed by atoms with Crippen LogP contribution in [0.1, 0.15) is 23.7 Å². The van der Waals surface area contributed by atoms with Crippen LogP contribution in [0, 0.1) is 0 Å². The highest BCUT2D eigenvalue weighted by Gasteiger charge is 2.23. The van der Waals surface area contributed by atoms with Gasteiger partial charge in [0.25, 0.3) is 0 Å². The molecule has 0 aliphatic rings. The van der Waals surface area contributed by atoms with Gasteiger partial charge in [-0.05, 0) is 42.8 Å². The smallest absolute Gasteiger partial charge is 0.191 e. The van der Waals surface area contributed by atoms with Gasteiger partial charge in [0.15, 0.2) is 16.8 Å². The third-order valence-electron chi connectivity index (χ3n) is 4.24. The lowest BCUT2D eigenvalue weighted by Gasteiger charge is -2.13. The molecule has 0 saturated carbocycles. The first-order chi connectivity index (χ1) is 13.0. The summed E-state index contributed by atoms with van der Waals surface area (Å²) in [5, 5.41) is 9.58. The molecule has 0 saturated heterocycles. The Morgan fingerprint density at radius 3 is 2.52 bits per heavy atom. The van der Waals surface area contributed by atoms with Gasteiger partial charge in [-0.2, -0.15) is 0 Å². The van der Waals surface area contributed by atoms with E-state index in [9.17, 15) is 4.79 Å². The maximum absolute atomic E-state index is 12.9. The molecule has 7 heteroatoms. The van der Waals surface area contributed by atoms with E-state index in [1.54, 1.807) is 31.4 Å². The van der Waals surface area contributed by atoms with Crippen LogP contribution in [-0.2, 0) is 7.05 Å². The van der Waals surface area contributed by atoms with Crippen LogP contribution in [0.25, 0.3) is 11.4 Å². The quantitative estimate of drug-likeness (QED) is 0.416. The van der Waals surface area contributed by atoms with Crippen LogP contribution < -0.4 is 4.74 Å². The second-order valence-electron chi connectivity index (χ2n) is 5.95. The van der Waals surface area contributed by atoms with Crippen LogP contribution in [-0.4, -0.2) is 32.9 Å². The number of methoxy groups -OCH3 is 1. The lowest BCUT2D eigenvalue weighted by atomic mass is 10.1. The van der Waals surface area contributed by atoms with E-state index in [1.807, 2.05) is 42.8 Å². The van der Waals surface area contributed by atoms with E-state index in [0.29, 0.717) is 28.0 Å². The summed E-state index contributed by atoms with van der Waals surface area (Å²) in [5.74, 6) is 1.47. The minimum absolute atomic E-state index is 0.0625. The number of thioether (sulfide) groups is 1. The maximum Gasteiger partial charge on any atom is 0.191 e. The third kappa shape index (κ3) is 4.17. The van der Waals surface area contributed by atoms with Gasteiger partial charge in [-0.3, -0.25) is 4.79 Å². The molecule has 3 aromatic rings. The Labute approximate surface area is 167 Å². The standard InChI is InChI=1S/C20H20ClN3O2S/c1-4-17(18(25)13-9-11-14(26-3)12-10-13)27-20-23-22-19(24(20)2)15-7-5-6-8-16(15)21/h5-12,17H,4H2,1-3H3. The fourth-order valence-electron chi connectivity index (χ4n) is 2.69. The zero-order chi connectivity index (χ0) is 19.4. The number of benzene rings is 2. The van der Waals surface area contributed by atoms with Crippen LogP contribution in [0.2, 0.25) is 5.02 Å². The average molecular weight is 402 g/mol. The summed E-state index contributed by atoms with van der Waals surface area (Å²) >= 11 is 7.69. The first-order valence-electron chi connectivity index (χ1n) is 8.54. The maximum atomic E-state index is 12.9.